The lowest BCUT2D eigenvalue weighted by Gasteiger charge is -2.40. The fraction of sp³-hybridized carbons (Fsp3) is 0.538. The maximum absolute atomic E-state index is 5.84. The third-order valence-corrected chi connectivity index (χ3v) is 3.78. The van der Waals surface area contributed by atoms with Gasteiger partial charge in [-0.15, -0.1) is 0 Å². The summed E-state index contributed by atoms with van der Waals surface area (Å²) in [6, 6.07) is 8.79. The van der Waals surface area contributed by atoms with Gasteiger partial charge in [-0.25, -0.2) is 0 Å². The Balaban J connectivity index is 2.46. The molecule has 1 nitrogen and oxygen atoms in total. The van der Waals surface area contributed by atoms with Crippen LogP contribution >= 0.6 is 0 Å². The Bertz CT molecular complexity index is 328. The Morgan fingerprint density at radius 3 is 2.79 bits per heavy atom. The Morgan fingerprint density at radius 1 is 1.36 bits per heavy atom. The van der Waals surface area contributed by atoms with Gasteiger partial charge in [0.15, 0.2) is 0 Å². The van der Waals surface area contributed by atoms with Crippen LogP contribution in [-0.4, -0.2) is 6.54 Å². The number of nitrogens with two attached hydrogens (primary N) is 1. The van der Waals surface area contributed by atoms with Gasteiger partial charge in [-0.2, -0.15) is 0 Å². The first-order valence-electron chi connectivity index (χ1n) is 5.44. The summed E-state index contributed by atoms with van der Waals surface area (Å²) in [7, 11) is 0. The minimum absolute atomic E-state index is 0.254. The van der Waals surface area contributed by atoms with Crippen molar-refractivity contribution in [2.45, 2.75) is 32.1 Å². The normalized spacial score (nSPS) is 24.4. The van der Waals surface area contributed by atoms with Crippen molar-refractivity contribution in [3.8, 4) is 0 Å². The summed E-state index contributed by atoms with van der Waals surface area (Å²) < 4.78 is 0. The van der Waals surface area contributed by atoms with Gasteiger partial charge >= 0.3 is 0 Å². The fourth-order valence-corrected chi connectivity index (χ4v) is 2.69. The van der Waals surface area contributed by atoms with E-state index in [2.05, 4.69) is 38.1 Å². The minimum atomic E-state index is 0.254. The van der Waals surface area contributed by atoms with Crippen LogP contribution in [0, 0.1) is 5.92 Å². The Labute approximate surface area is 86.3 Å². The van der Waals surface area contributed by atoms with E-state index in [1.54, 1.807) is 0 Å². The van der Waals surface area contributed by atoms with E-state index >= 15 is 0 Å². The molecule has 2 rings (SSSR count). The van der Waals surface area contributed by atoms with E-state index in [1.807, 2.05) is 0 Å². The molecule has 0 fully saturated rings. The van der Waals surface area contributed by atoms with Crippen LogP contribution in [-0.2, 0) is 11.8 Å². The van der Waals surface area contributed by atoms with Crippen molar-refractivity contribution in [1.82, 2.24) is 0 Å². The third kappa shape index (κ3) is 1.36. The summed E-state index contributed by atoms with van der Waals surface area (Å²) in [5, 5.41) is 0. The minimum Gasteiger partial charge on any atom is -0.330 e. The second kappa shape index (κ2) is 3.39. The van der Waals surface area contributed by atoms with Gasteiger partial charge in [0.25, 0.3) is 0 Å². The van der Waals surface area contributed by atoms with Crippen molar-refractivity contribution in [3.63, 3.8) is 0 Å². The largest absolute Gasteiger partial charge is 0.330 e. The summed E-state index contributed by atoms with van der Waals surface area (Å²) in [5.74, 6) is 0.636. The summed E-state index contributed by atoms with van der Waals surface area (Å²) in [6.45, 7) is 5.45. The first-order chi connectivity index (χ1) is 6.66. The van der Waals surface area contributed by atoms with Gasteiger partial charge in [-0.3, -0.25) is 0 Å². The van der Waals surface area contributed by atoms with Crippen LogP contribution in [0.4, 0.5) is 0 Å². The zero-order valence-electron chi connectivity index (χ0n) is 9.09. The number of aryl methyl sites for hydroxylation is 1. The van der Waals surface area contributed by atoms with Crippen molar-refractivity contribution in [2.75, 3.05) is 6.54 Å². The molecular weight excluding hydrogens is 170 g/mol. The molecule has 0 heterocycles. The lowest BCUT2D eigenvalue weighted by Crippen LogP contribution is -2.38. The van der Waals surface area contributed by atoms with E-state index in [-0.39, 0.29) is 5.41 Å². The SMILES string of the molecule is CC1(C)c2ccccc2CCC1CN. The van der Waals surface area contributed by atoms with Crippen LogP contribution in [0.2, 0.25) is 0 Å². The molecule has 1 aromatic rings. The highest BCUT2D eigenvalue weighted by Crippen LogP contribution is 2.40. The van der Waals surface area contributed by atoms with Crippen LogP contribution in [0.1, 0.15) is 31.4 Å². The standard InChI is InChI=1S/C13H19N/c1-13(2)11(9-14)8-7-10-5-3-4-6-12(10)13/h3-6,11H,7-9,14H2,1-2H3. The van der Waals surface area contributed by atoms with E-state index in [9.17, 15) is 0 Å². The highest BCUT2D eigenvalue weighted by atomic mass is 14.6. The molecule has 0 amide bonds. The lowest BCUT2D eigenvalue weighted by atomic mass is 9.65. The van der Waals surface area contributed by atoms with Crippen molar-refractivity contribution >= 4 is 0 Å². The first-order valence-corrected chi connectivity index (χ1v) is 5.44. The zero-order valence-corrected chi connectivity index (χ0v) is 9.09. The summed E-state index contributed by atoms with van der Waals surface area (Å²) in [6.07, 6.45) is 2.43. The van der Waals surface area contributed by atoms with Gasteiger partial charge in [-0.05, 0) is 41.8 Å². The van der Waals surface area contributed by atoms with Gasteiger partial charge in [0.05, 0.1) is 0 Å². The molecule has 2 N–H and O–H groups in total. The molecule has 0 aliphatic heterocycles. The topological polar surface area (TPSA) is 26.0 Å². The van der Waals surface area contributed by atoms with E-state index < -0.39 is 0 Å². The maximum Gasteiger partial charge on any atom is -0.00404 e. The van der Waals surface area contributed by atoms with Crippen LogP contribution < -0.4 is 5.73 Å². The van der Waals surface area contributed by atoms with Crippen molar-refractivity contribution in [1.29, 1.82) is 0 Å². The predicted octanol–water partition coefficient (Wildman–Crippen LogP) is 2.49. The number of fused-ring (bicyclic) bond motifs is 1. The van der Waals surface area contributed by atoms with Crippen molar-refractivity contribution in [2.24, 2.45) is 11.7 Å². The van der Waals surface area contributed by atoms with Crippen LogP contribution in [0.25, 0.3) is 0 Å². The number of rotatable bonds is 1. The predicted molar refractivity (Wildman–Crippen MR) is 60.3 cm³/mol. The Kier molecular flexibility index (Phi) is 2.36. The number of benzene rings is 1. The third-order valence-electron chi connectivity index (χ3n) is 3.78. The highest BCUT2D eigenvalue weighted by molar-refractivity contribution is 5.36. The van der Waals surface area contributed by atoms with E-state index in [4.69, 9.17) is 5.73 Å². The van der Waals surface area contributed by atoms with E-state index in [0.717, 1.165) is 6.54 Å². The Hall–Kier alpha value is -0.820. The van der Waals surface area contributed by atoms with E-state index in [0.29, 0.717) is 5.92 Å². The zero-order chi connectivity index (χ0) is 10.2. The number of hydrogen-bond donors (Lipinski definition) is 1. The summed E-state index contributed by atoms with van der Waals surface area (Å²) >= 11 is 0. The smallest absolute Gasteiger partial charge is 0.00404 e. The van der Waals surface area contributed by atoms with Crippen molar-refractivity contribution < 1.29 is 0 Å². The van der Waals surface area contributed by atoms with Gasteiger partial charge < -0.3 is 5.73 Å². The molecule has 0 saturated heterocycles. The molecule has 1 aromatic carbocycles. The molecule has 0 saturated carbocycles. The van der Waals surface area contributed by atoms with Crippen LogP contribution in [0.3, 0.4) is 0 Å². The quantitative estimate of drug-likeness (QED) is 0.721. The van der Waals surface area contributed by atoms with E-state index in [1.165, 1.54) is 24.0 Å². The Morgan fingerprint density at radius 2 is 2.07 bits per heavy atom. The molecule has 0 spiro atoms. The average Bonchev–Trinajstić information content (AvgIpc) is 2.18. The van der Waals surface area contributed by atoms with Gasteiger partial charge in [0.2, 0.25) is 0 Å². The molecule has 0 aromatic heterocycles. The lowest BCUT2D eigenvalue weighted by molar-refractivity contribution is 0.285. The maximum atomic E-state index is 5.84. The monoisotopic (exact) mass is 189 g/mol. The van der Waals surface area contributed by atoms with Gasteiger partial charge in [-0.1, -0.05) is 38.1 Å². The van der Waals surface area contributed by atoms with Gasteiger partial charge in [0, 0.05) is 0 Å². The van der Waals surface area contributed by atoms with Crippen LogP contribution in [0.5, 0.6) is 0 Å². The molecule has 1 unspecified atom stereocenters. The second-order valence-electron chi connectivity index (χ2n) is 4.85. The summed E-state index contributed by atoms with van der Waals surface area (Å²) in [4.78, 5) is 0. The first kappa shape index (κ1) is 9.72. The molecule has 1 atom stereocenters. The second-order valence-corrected chi connectivity index (χ2v) is 4.85. The molecule has 1 aliphatic rings. The van der Waals surface area contributed by atoms with Crippen molar-refractivity contribution in [3.05, 3.63) is 35.4 Å². The van der Waals surface area contributed by atoms with Crippen LogP contribution in [0.15, 0.2) is 24.3 Å². The molecular formula is C13H19N. The summed E-state index contributed by atoms with van der Waals surface area (Å²) in [5.41, 5.74) is 9.11. The molecule has 0 bridgehead atoms. The molecule has 1 aliphatic carbocycles. The fourth-order valence-electron chi connectivity index (χ4n) is 2.69. The molecule has 76 valence electrons. The highest BCUT2D eigenvalue weighted by Gasteiger charge is 2.34. The average molecular weight is 189 g/mol. The number of hydrogen-bond acceptors (Lipinski definition) is 1. The molecule has 1 heteroatoms. The molecule has 0 radical (unpaired) electrons. The molecule has 14 heavy (non-hydrogen) atoms. The van der Waals surface area contributed by atoms with Gasteiger partial charge in [0.1, 0.15) is 0 Å².